The number of para-hydroxylation sites is 1. The number of nitrogens with zero attached hydrogens (tertiary/aromatic N) is 2. The number of aromatic nitrogens is 1. The second-order valence-corrected chi connectivity index (χ2v) is 7.77. The lowest BCUT2D eigenvalue weighted by Gasteiger charge is -2.35. The number of morpholine rings is 1. The monoisotopic (exact) mass is 382 g/mol. The summed E-state index contributed by atoms with van der Waals surface area (Å²) in [5, 5.41) is 0.800. The van der Waals surface area contributed by atoms with Gasteiger partial charge in [0.1, 0.15) is 0 Å². The van der Waals surface area contributed by atoms with Crippen LogP contribution in [0.2, 0.25) is 0 Å². The highest BCUT2D eigenvalue weighted by molar-refractivity contribution is 6.05. The molecule has 0 saturated carbocycles. The van der Waals surface area contributed by atoms with Crippen LogP contribution in [0.1, 0.15) is 48.3 Å². The maximum atomic E-state index is 13.0. The molecule has 1 aliphatic heterocycles. The fourth-order valence-electron chi connectivity index (χ4n) is 4.28. The summed E-state index contributed by atoms with van der Waals surface area (Å²) in [6, 6.07) is 7.64. The van der Waals surface area contributed by atoms with Crippen molar-refractivity contribution in [1.82, 2.24) is 9.88 Å². The van der Waals surface area contributed by atoms with Gasteiger partial charge in [0.05, 0.1) is 23.3 Å². The van der Waals surface area contributed by atoms with Crippen LogP contribution in [0.15, 0.2) is 24.3 Å². The van der Waals surface area contributed by atoms with Gasteiger partial charge >= 0.3 is 5.97 Å². The third kappa shape index (κ3) is 3.74. The summed E-state index contributed by atoms with van der Waals surface area (Å²) in [6.07, 6.45) is 3.79. The number of carbonyl (C=O) groups excluding carboxylic acids is 2. The first-order chi connectivity index (χ1) is 13.5. The largest absolute Gasteiger partial charge is 0.452 e. The van der Waals surface area contributed by atoms with Crippen LogP contribution in [0.4, 0.5) is 0 Å². The summed E-state index contributed by atoms with van der Waals surface area (Å²) in [7, 11) is 0. The second kappa shape index (κ2) is 7.87. The minimum atomic E-state index is -0.431. The molecule has 2 aliphatic rings. The molecule has 2 aromatic rings. The molecule has 0 N–H and O–H groups in total. The van der Waals surface area contributed by atoms with Crippen molar-refractivity contribution in [3.05, 3.63) is 41.1 Å². The Bertz CT molecular complexity index is 901. The molecule has 28 heavy (non-hydrogen) atoms. The van der Waals surface area contributed by atoms with Crippen LogP contribution in [0.3, 0.4) is 0 Å². The van der Waals surface area contributed by atoms with Crippen molar-refractivity contribution in [3.8, 4) is 0 Å². The molecule has 6 nitrogen and oxygen atoms in total. The van der Waals surface area contributed by atoms with E-state index in [2.05, 4.69) is 0 Å². The van der Waals surface area contributed by atoms with Gasteiger partial charge in [0.25, 0.3) is 5.91 Å². The van der Waals surface area contributed by atoms with E-state index in [1.165, 1.54) is 0 Å². The van der Waals surface area contributed by atoms with Crippen molar-refractivity contribution in [3.63, 3.8) is 0 Å². The van der Waals surface area contributed by atoms with Crippen LogP contribution < -0.4 is 0 Å². The van der Waals surface area contributed by atoms with Gasteiger partial charge in [0.15, 0.2) is 6.61 Å². The molecular formula is C22H26N2O4. The van der Waals surface area contributed by atoms with Gasteiger partial charge in [-0.25, -0.2) is 4.79 Å². The van der Waals surface area contributed by atoms with E-state index in [1.807, 2.05) is 38.1 Å². The van der Waals surface area contributed by atoms with E-state index in [4.69, 9.17) is 14.5 Å². The molecule has 6 heteroatoms. The average molecular weight is 382 g/mol. The highest BCUT2D eigenvalue weighted by Gasteiger charge is 2.28. The highest BCUT2D eigenvalue weighted by atomic mass is 16.5. The molecule has 4 rings (SSSR count). The molecular weight excluding hydrogens is 356 g/mol. The van der Waals surface area contributed by atoms with Gasteiger partial charge in [-0.05, 0) is 51.2 Å². The Kier molecular flexibility index (Phi) is 5.31. The number of ether oxygens (including phenoxy) is 2. The fraction of sp³-hybridized carbons (Fsp3) is 0.500. The molecule has 2 atom stereocenters. The predicted octanol–water partition coefficient (Wildman–Crippen LogP) is 2.91. The lowest BCUT2D eigenvalue weighted by Crippen LogP contribution is -2.49. The van der Waals surface area contributed by atoms with Crippen molar-refractivity contribution >= 4 is 22.8 Å². The Labute approximate surface area is 164 Å². The van der Waals surface area contributed by atoms with Crippen molar-refractivity contribution in [2.75, 3.05) is 19.7 Å². The number of esters is 1. The number of hydrogen-bond donors (Lipinski definition) is 0. The van der Waals surface area contributed by atoms with Gasteiger partial charge in [-0.1, -0.05) is 18.2 Å². The van der Waals surface area contributed by atoms with E-state index < -0.39 is 5.97 Å². The second-order valence-electron chi connectivity index (χ2n) is 7.77. The first-order valence-corrected chi connectivity index (χ1v) is 10.0. The van der Waals surface area contributed by atoms with Gasteiger partial charge in [0, 0.05) is 24.2 Å². The Hall–Kier alpha value is -2.47. The van der Waals surface area contributed by atoms with Gasteiger partial charge in [0.2, 0.25) is 0 Å². The molecule has 0 bridgehead atoms. The van der Waals surface area contributed by atoms with Gasteiger partial charge in [-0.15, -0.1) is 0 Å². The molecule has 1 aliphatic carbocycles. The summed E-state index contributed by atoms with van der Waals surface area (Å²) in [6.45, 7) is 4.68. The van der Waals surface area contributed by atoms with E-state index in [1.54, 1.807) is 4.90 Å². The fourth-order valence-corrected chi connectivity index (χ4v) is 4.28. The van der Waals surface area contributed by atoms with E-state index in [0.29, 0.717) is 18.7 Å². The van der Waals surface area contributed by atoms with Gasteiger partial charge in [-0.3, -0.25) is 9.78 Å². The lowest BCUT2D eigenvalue weighted by atomic mass is 9.90. The third-order valence-corrected chi connectivity index (χ3v) is 5.47. The number of rotatable bonds is 3. The Balaban J connectivity index is 1.55. The van der Waals surface area contributed by atoms with Crippen LogP contribution in [0, 0.1) is 0 Å². The predicted molar refractivity (Wildman–Crippen MR) is 105 cm³/mol. The maximum absolute atomic E-state index is 13.0. The van der Waals surface area contributed by atoms with Crippen molar-refractivity contribution in [2.45, 2.75) is 51.7 Å². The van der Waals surface area contributed by atoms with Gasteiger partial charge in [-0.2, -0.15) is 0 Å². The molecule has 1 saturated heterocycles. The number of benzene rings is 1. The maximum Gasteiger partial charge on any atom is 0.339 e. The molecule has 1 aromatic carbocycles. The molecule has 0 unspecified atom stereocenters. The average Bonchev–Trinajstić information content (AvgIpc) is 2.69. The standard InChI is InChI=1S/C22H26N2O4/c1-14-11-24(12-15(2)28-14)20(25)13-27-22(26)21-16-7-3-5-9-18(16)23-19-10-6-4-8-17(19)21/h3,5,7,9,14-15H,4,6,8,10-13H2,1-2H3/t14-,15+. The van der Waals surface area contributed by atoms with Crippen LogP contribution in [-0.4, -0.2) is 53.7 Å². The zero-order valence-electron chi connectivity index (χ0n) is 16.4. The summed E-state index contributed by atoms with van der Waals surface area (Å²) < 4.78 is 11.2. The Morgan fingerprint density at radius 1 is 1.14 bits per heavy atom. The number of carbonyl (C=O) groups is 2. The van der Waals surface area contributed by atoms with Crippen molar-refractivity contribution in [1.29, 1.82) is 0 Å². The highest BCUT2D eigenvalue weighted by Crippen LogP contribution is 2.29. The molecule has 1 amide bonds. The normalized spacial score (nSPS) is 22.0. The van der Waals surface area contributed by atoms with E-state index in [-0.39, 0.29) is 24.7 Å². The minimum Gasteiger partial charge on any atom is -0.452 e. The third-order valence-electron chi connectivity index (χ3n) is 5.47. The molecule has 0 radical (unpaired) electrons. The van der Waals surface area contributed by atoms with E-state index in [0.717, 1.165) is 47.8 Å². The molecule has 2 heterocycles. The van der Waals surface area contributed by atoms with Crippen molar-refractivity contribution < 1.29 is 19.1 Å². The molecule has 1 aromatic heterocycles. The van der Waals surface area contributed by atoms with Crippen molar-refractivity contribution in [2.24, 2.45) is 0 Å². The smallest absolute Gasteiger partial charge is 0.339 e. The Morgan fingerprint density at radius 3 is 2.64 bits per heavy atom. The number of fused-ring (bicyclic) bond motifs is 2. The first-order valence-electron chi connectivity index (χ1n) is 10.0. The zero-order chi connectivity index (χ0) is 19.7. The van der Waals surface area contributed by atoms with E-state index in [9.17, 15) is 9.59 Å². The molecule has 0 spiro atoms. The minimum absolute atomic E-state index is 0.0143. The molecule has 1 fully saturated rings. The van der Waals surface area contributed by atoms with Gasteiger partial charge < -0.3 is 14.4 Å². The lowest BCUT2D eigenvalue weighted by molar-refractivity contribution is -0.146. The summed E-state index contributed by atoms with van der Waals surface area (Å²) >= 11 is 0. The van der Waals surface area contributed by atoms with E-state index >= 15 is 0 Å². The number of amides is 1. The quantitative estimate of drug-likeness (QED) is 0.764. The van der Waals surface area contributed by atoms with Crippen LogP contribution >= 0.6 is 0 Å². The summed E-state index contributed by atoms with van der Waals surface area (Å²) in [5.41, 5.74) is 3.35. The zero-order valence-corrected chi connectivity index (χ0v) is 16.4. The van der Waals surface area contributed by atoms with Crippen LogP contribution in [-0.2, 0) is 27.1 Å². The topological polar surface area (TPSA) is 68.7 Å². The van der Waals surface area contributed by atoms with Crippen LogP contribution in [0.5, 0.6) is 0 Å². The summed E-state index contributed by atoms with van der Waals surface area (Å²) in [5.74, 6) is -0.609. The number of pyridine rings is 1. The number of aryl methyl sites for hydroxylation is 1. The number of hydrogen-bond acceptors (Lipinski definition) is 5. The summed E-state index contributed by atoms with van der Waals surface area (Å²) in [4.78, 5) is 32.0. The molecule has 148 valence electrons. The first kappa shape index (κ1) is 18.9. The SMILES string of the molecule is C[C@@H]1CN(C(=O)COC(=O)c2c3c(nc4ccccc24)CCCC3)C[C@H](C)O1. The Morgan fingerprint density at radius 2 is 1.86 bits per heavy atom. The van der Waals surface area contributed by atoms with Crippen LogP contribution in [0.25, 0.3) is 10.9 Å².